The standard InChI is InChI=1S/C15H23NO3.2C2H6/c1-6-10-11(7-2)13(17)9-8-12(10)16-14(18)19-15(3,4)5;2*1-2/h6-7,12-13,17H,1-2,8-9H2,3-5H3,(H,16,18);2*1-2H3. The van der Waals surface area contributed by atoms with Crippen LogP contribution in [0.3, 0.4) is 0 Å². The van der Waals surface area contributed by atoms with Crippen molar-refractivity contribution in [2.45, 2.75) is 79.1 Å². The van der Waals surface area contributed by atoms with Gasteiger partial charge in [0.2, 0.25) is 0 Å². The molecule has 1 amide bonds. The maximum absolute atomic E-state index is 11.8. The fraction of sp³-hybridized carbons (Fsp3) is 0.632. The summed E-state index contributed by atoms with van der Waals surface area (Å²) in [5.41, 5.74) is 0.999. The van der Waals surface area contributed by atoms with E-state index in [1.807, 2.05) is 48.5 Å². The van der Waals surface area contributed by atoms with Gasteiger partial charge in [-0.2, -0.15) is 0 Å². The van der Waals surface area contributed by atoms with Crippen LogP contribution in [-0.2, 0) is 4.74 Å². The van der Waals surface area contributed by atoms with Gasteiger partial charge in [-0.3, -0.25) is 0 Å². The Kier molecular flexibility index (Phi) is 12.3. The molecule has 0 aliphatic heterocycles. The van der Waals surface area contributed by atoms with Crippen molar-refractivity contribution in [3.05, 3.63) is 36.5 Å². The second-order valence-corrected chi connectivity index (χ2v) is 5.61. The summed E-state index contributed by atoms with van der Waals surface area (Å²) in [7, 11) is 0. The van der Waals surface area contributed by atoms with Gasteiger partial charge < -0.3 is 15.2 Å². The summed E-state index contributed by atoms with van der Waals surface area (Å²) in [5, 5.41) is 12.7. The predicted octanol–water partition coefficient (Wildman–Crippen LogP) is 4.76. The molecule has 2 unspecified atom stereocenters. The van der Waals surface area contributed by atoms with Crippen molar-refractivity contribution in [2.75, 3.05) is 0 Å². The van der Waals surface area contributed by atoms with Crippen LogP contribution in [0.15, 0.2) is 36.5 Å². The molecule has 1 rings (SSSR count). The Bertz CT molecular complexity index is 405. The first-order valence-electron chi connectivity index (χ1n) is 8.45. The molecule has 23 heavy (non-hydrogen) atoms. The Hall–Kier alpha value is -1.55. The molecule has 0 aromatic rings. The number of ether oxygens (including phenoxy) is 1. The summed E-state index contributed by atoms with van der Waals surface area (Å²) in [6.07, 6.45) is 3.50. The normalized spacial score (nSPS) is 20.2. The fourth-order valence-corrected chi connectivity index (χ4v) is 2.14. The molecule has 4 heteroatoms. The van der Waals surface area contributed by atoms with Crippen molar-refractivity contribution in [3.63, 3.8) is 0 Å². The minimum absolute atomic E-state index is 0.191. The molecule has 0 fully saturated rings. The van der Waals surface area contributed by atoms with Gasteiger partial charge >= 0.3 is 6.09 Å². The van der Waals surface area contributed by atoms with E-state index in [1.54, 1.807) is 12.2 Å². The van der Waals surface area contributed by atoms with Crippen LogP contribution in [0.2, 0.25) is 0 Å². The van der Waals surface area contributed by atoms with Crippen LogP contribution in [-0.4, -0.2) is 28.9 Å². The summed E-state index contributed by atoms with van der Waals surface area (Å²) in [4.78, 5) is 11.8. The number of nitrogens with one attached hydrogen (secondary N) is 1. The van der Waals surface area contributed by atoms with Gasteiger partial charge in [-0.25, -0.2) is 4.79 Å². The van der Waals surface area contributed by atoms with E-state index in [0.717, 1.165) is 11.1 Å². The lowest BCUT2D eigenvalue weighted by atomic mass is 9.85. The molecule has 1 aliphatic carbocycles. The summed E-state index contributed by atoms with van der Waals surface area (Å²) < 4.78 is 5.23. The molecule has 0 radical (unpaired) electrons. The maximum atomic E-state index is 11.8. The number of carbonyl (C=O) groups excluding carboxylic acids is 1. The summed E-state index contributed by atoms with van der Waals surface area (Å²) in [6.45, 7) is 20.9. The number of hydrogen-bond acceptors (Lipinski definition) is 3. The molecular weight excluding hydrogens is 290 g/mol. The van der Waals surface area contributed by atoms with Gasteiger partial charge in [0.1, 0.15) is 5.60 Å². The molecule has 0 saturated carbocycles. The molecule has 134 valence electrons. The molecule has 2 N–H and O–H groups in total. The highest BCUT2D eigenvalue weighted by Crippen LogP contribution is 2.27. The van der Waals surface area contributed by atoms with Crippen LogP contribution in [0, 0.1) is 0 Å². The highest BCUT2D eigenvalue weighted by molar-refractivity contribution is 5.69. The first-order valence-corrected chi connectivity index (χ1v) is 8.45. The molecule has 0 saturated heterocycles. The lowest BCUT2D eigenvalue weighted by Crippen LogP contribution is -2.42. The Labute approximate surface area is 142 Å². The molecule has 0 aromatic carbocycles. The van der Waals surface area contributed by atoms with E-state index in [1.165, 1.54) is 0 Å². The van der Waals surface area contributed by atoms with Crippen molar-refractivity contribution >= 4 is 6.09 Å². The Morgan fingerprint density at radius 3 is 2.00 bits per heavy atom. The zero-order valence-corrected chi connectivity index (χ0v) is 15.9. The van der Waals surface area contributed by atoms with Gasteiger partial charge in [-0.05, 0) is 44.8 Å². The highest BCUT2D eigenvalue weighted by atomic mass is 16.6. The lowest BCUT2D eigenvalue weighted by Gasteiger charge is -2.30. The van der Waals surface area contributed by atoms with E-state index >= 15 is 0 Å². The lowest BCUT2D eigenvalue weighted by molar-refractivity contribution is 0.0502. The van der Waals surface area contributed by atoms with Crippen LogP contribution < -0.4 is 5.32 Å². The minimum Gasteiger partial charge on any atom is -0.444 e. The minimum atomic E-state index is -0.540. The van der Waals surface area contributed by atoms with E-state index < -0.39 is 17.8 Å². The van der Waals surface area contributed by atoms with Gasteiger partial charge in [0, 0.05) is 0 Å². The third-order valence-corrected chi connectivity index (χ3v) is 2.93. The number of aliphatic hydroxyl groups is 1. The Balaban J connectivity index is 0. The van der Waals surface area contributed by atoms with E-state index in [9.17, 15) is 9.90 Å². The highest BCUT2D eigenvalue weighted by Gasteiger charge is 2.28. The quantitative estimate of drug-likeness (QED) is 0.787. The van der Waals surface area contributed by atoms with Gasteiger partial charge in [0.05, 0.1) is 12.1 Å². The zero-order valence-electron chi connectivity index (χ0n) is 15.9. The molecule has 0 bridgehead atoms. The Morgan fingerprint density at radius 2 is 1.61 bits per heavy atom. The van der Waals surface area contributed by atoms with E-state index in [4.69, 9.17) is 4.74 Å². The van der Waals surface area contributed by atoms with Crippen LogP contribution in [0.4, 0.5) is 4.79 Å². The number of carbonyl (C=O) groups is 1. The molecular formula is C19H35NO3. The molecule has 0 spiro atoms. The van der Waals surface area contributed by atoms with E-state index in [-0.39, 0.29) is 6.04 Å². The SMILES string of the molecule is C=CC1=C(C=C)C(NC(=O)OC(C)(C)C)CCC1O.CC.CC. The van der Waals surface area contributed by atoms with Crippen LogP contribution >= 0.6 is 0 Å². The predicted molar refractivity (Wildman–Crippen MR) is 98.5 cm³/mol. The van der Waals surface area contributed by atoms with Crippen molar-refractivity contribution < 1.29 is 14.6 Å². The number of aliphatic hydroxyl groups excluding tert-OH is 1. The second kappa shape index (κ2) is 11.9. The van der Waals surface area contributed by atoms with Crippen LogP contribution in [0.25, 0.3) is 0 Å². The Morgan fingerprint density at radius 1 is 1.13 bits per heavy atom. The molecule has 2 atom stereocenters. The summed E-state index contributed by atoms with van der Waals surface area (Å²) in [6, 6.07) is -0.191. The van der Waals surface area contributed by atoms with Gasteiger partial charge in [0.25, 0.3) is 0 Å². The summed E-state index contributed by atoms with van der Waals surface area (Å²) >= 11 is 0. The van der Waals surface area contributed by atoms with Gasteiger partial charge in [-0.15, -0.1) is 0 Å². The molecule has 1 aliphatic rings. The molecule has 0 heterocycles. The number of alkyl carbamates (subject to hydrolysis) is 1. The molecule has 0 aromatic heterocycles. The van der Waals surface area contributed by atoms with Crippen molar-refractivity contribution in [1.82, 2.24) is 5.32 Å². The number of rotatable bonds is 3. The first-order chi connectivity index (χ1) is 10.8. The number of hydrogen-bond donors (Lipinski definition) is 2. The largest absolute Gasteiger partial charge is 0.444 e. The van der Waals surface area contributed by atoms with E-state index in [0.29, 0.717) is 12.8 Å². The average molecular weight is 325 g/mol. The van der Waals surface area contributed by atoms with Crippen molar-refractivity contribution in [2.24, 2.45) is 0 Å². The monoisotopic (exact) mass is 325 g/mol. The smallest absolute Gasteiger partial charge is 0.408 e. The van der Waals surface area contributed by atoms with Gasteiger partial charge in [0.15, 0.2) is 0 Å². The van der Waals surface area contributed by atoms with Crippen LogP contribution in [0.1, 0.15) is 61.3 Å². The first kappa shape index (κ1) is 23.7. The van der Waals surface area contributed by atoms with Gasteiger partial charge in [-0.1, -0.05) is 53.0 Å². The topological polar surface area (TPSA) is 58.6 Å². The second-order valence-electron chi connectivity index (χ2n) is 5.61. The summed E-state index contributed by atoms with van der Waals surface area (Å²) in [5.74, 6) is 0. The van der Waals surface area contributed by atoms with E-state index in [2.05, 4.69) is 18.5 Å². The third kappa shape index (κ3) is 8.60. The zero-order chi connectivity index (χ0) is 18.6. The van der Waals surface area contributed by atoms with Crippen LogP contribution in [0.5, 0.6) is 0 Å². The number of amides is 1. The fourth-order valence-electron chi connectivity index (χ4n) is 2.14. The maximum Gasteiger partial charge on any atom is 0.408 e. The molecule has 4 nitrogen and oxygen atoms in total. The average Bonchev–Trinajstić information content (AvgIpc) is 2.50. The van der Waals surface area contributed by atoms with Crippen molar-refractivity contribution in [1.29, 1.82) is 0 Å². The third-order valence-electron chi connectivity index (χ3n) is 2.93. The van der Waals surface area contributed by atoms with Crippen molar-refractivity contribution in [3.8, 4) is 0 Å².